The number of hydrogen-bond donors (Lipinski definition) is 0. The molecule has 0 N–H and O–H groups in total. The molecule has 44 valence electrons. The van der Waals surface area contributed by atoms with Gasteiger partial charge in [-0.05, 0) is 12.2 Å². The van der Waals surface area contributed by atoms with Crippen LogP contribution in [0.25, 0.3) is 0 Å². The molecule has 1 saturated heterocycles. The predicted molar refractivity (Wildman–Crippen MR) is 38.6 cm³/mol. The van der Waals surface area contributed by atoms with E-state index in [1.165, 1.54) is 0 Å². The molecule has 0 aromatic rings. The van der Waals surface area contributed by atoms with E-state index in [1.54, 1.807) is 0 Å². The summed E-state index contributed by atoms with van der Waals surface area (Å²) in [6.45, 7) is 0.745. The van der Waals surface area contributed by atoms with E-state index in [4.69, 9.17) is 17.0 Å². The molecule has 0 aromatic heterocycles. The molecule has 0 amide bonds. The highest BCUT2D eigenvalue weighted by atomic mass is 32.1. The minimum absolute atomic E-state index is 0.461. The Kier molecular flexibility index (Phi) is 1.42. The maximum atomic E-state index is 5.03. The van der Waals surface area contributed by atoms with Crippen LogP contribution in [0.2, 0.25) is 0 Å². The monoisotopic (exact) mass is 129 g/mol. The van der Waals surface area contributed by atoms with Crippen LogP contribution < -0.4 is 0 Å². The first kappa shape index (κ1) is 5.88. The highest BCUT2D eigenvalue weighted by Gasteiger charge is 2.20. The summed E-state index contributed by atoms with van der Waals surface area (Å²) < 4.78 is 5.03. The van der Waals surface area contributed by atoms with Crippen LogP contribution in [0.3, 0.4) is 0 Å². The number of thiocarbonyl (C=S) groups is 1. The molecule has 8 heavy (non-hydrogen) atoms. The number of ether oxygens (including phenoxy) is 1. The van der Waals surface area contributed by atoms with Crippen LogP contribution >= 0.6 is 12.2 Å². The molecule has 1 atom stereocenters. The second kappa shape index (κ2) is 1.93. The van der Waals surface area contributed by atoms with Crippen LogP contribution in [0.5, 0.6) is 0 Å². The summed E-state index contributed by atoms with van der Waals surface area (Å²) in [5.74, 6) is 0.461. The average Bonchev–Trinajstić information content (AvgIpc) is 1.98. The van der Waals surface area contributed by atoms with Crippen molar-refractivity contribution in [3.8, 4) is 0 Å². The predicted octanol–water partition coefficient (Wildman–Crippen LogP) is -0.808. The molecule has 0 saturated carbocycles. The Morgan fingerprint density at radius 1 is 2.00 bits per heavy atom. The van der Waals surface area contributed by atoms with Crippen LogP contribution in [0, 0.1) is 0 Å². The number of rotatable bonds is 0. The smallest absolute Gasteiger partial charge is 0.258 e. The molecular weight excluding hydrogens is 121 g/mol. The number of likely N-dealkylation sites (N-methyl/N-ethyl adjacent to an activating group) is 1. The van der Waals surface area contributed by atoms with Crippen LogP contribution in [0.15, 0.2) is 0 Å². The van der Waals surface area contributed by atoms with Crippen molar-refractivity contribution < 1.29 is 4.74 Å². The summed E-state index contributed by atoms with van der Waals surface area (Å²) in [6, 6.07) is 0. The van der Waals surface area contributed by atoms with Crippen molar-refractivity contribution in [1.82, 2.24) is 4.90 Å². The van der Waals surface area contributed by atoms with Gasteiger partial charge in [0.1, 0.15) is 14.5 Å². The van der Waals surface area contributed by atoms with Crippen molar-refractivity contribution in [3.63, 3.8) is 0 Å². The fourth-order valence-corrected chi connectivity index (χ4v) is 0.833. The van der Waals surface area contributed by atoms with Gasteiger partial charge in [-0.2, -0.15) is 0 Å². The molecule has 1 aliphatic rings. The van der Waals surface area contributed by atoms with E-state index in [1.807, 2.05) is 11.9 Å². The van der Waals surface area contributed by atoms with Gasteiger partial charge >= 0.3 is 0 Å². The number of hydrogen-bond acceptors (Lipinski definition) is 2. The maximum absolute atomic E-state index is 5.03. The zero-order valence-electron chi connectivity index (χ0n) is 5.05. The lowest BCUT2D eigenvalue weighted by molar-refractivity contribution is 0.352. The van der Waals surface area contributed by atoms with Gasteiger partial charge in [0.2, 0.25) is 0 Å². The minimum atomic E-state index is 0.461. The lowest BCUT2D eigenvalue weighted by Crippen LogP contribution is -2.28. The van der Waals surface area contributed by atoms with Crippen LogP contribution in [0.4, 0.5) is 0 Å². The van der Waals surface area contributed by atoms with Crippen molar-refractivity contribution in [3.05, 3.63) is 0 Å². The summed E-state index contributed by atoms with van der Waals surface area (Å²) in [5.41, 5.74) is 0. The first-order valence-corrected chi connectivity index (χ1v) is 3.02. The van der Waals surface area contributed by atoms with Gasteiger partial charge in [0, 0.05) is 13.0 Å². The standard InChI is InChI=1S/C4H8BNOS/c1-6-3(5)2-7-4(6)8/h3H,2,5H2,1H3/t3-/m1/s1. The van der Waals surface area contributed by atoms with E-state index in [0.717, 1.165) is 6.61 Å². The molecule has 1 heterocycles. The fourth-order valence-electron chi connectivity index (χ4n) is 0.585. The van der Waals surface area contributed by atoms with E-state index in [0.29, 0.717) is 11.1 Å². The van der Waals surface area contributed by atoms with Gasteiger partial charge in [-0.1, -0.05) is 0 Å². The summed E-state index contributed by atoms with van der Waals surface area (Å²) in [6.07, 6.45) is 0. The van der Waals surface area contributed by atoms with Crippen LogP contribution in [-0.4, -0.2) is 37.5 Å². The van der Waals surface area contributed by atoms with E-state index in [-0.39, 0.29) is 0 Å². The highest BCUT2D eigenvalue weighted by Crippen LogP contribution is 2.05. The van der Waals surface area contributed by atoms with Gasteiger partial charge in [-0.3, -0.25) is 0 Å². The fraction of sp³-hybridized carbons (Fsp3) is 0.750. The molecule has 1 rings (SSSR count). The molecule has 1 aliphatic heterocycles. The van der Waals surface area contributed by atoms with Crippen molar-refractivity contribution >= 4 is 25.2 Å². The van der Waals surface area contributed by atoms with Crippen molar-refractivity contribution in [1.29, 1.82) is 0 Å². The van der Waals surface area contributed by atoms with Gasteiger partial charge in [-0.25, -0.2) is 0 Å². The van der Waals surface area contributed by atoms with E-state index in [9.17, 15) is 0 Å². The van der Waals surface area contributed by atoms with Crippen molar-refractivity contribution in [2.75, 3.05) is 13.7 Å². The largest absolute Gasteiger partial charge is 0.470 e. The average molecular weight is 129 g/mol. The Labute approximate surface area is 55.2 Å². The quantitative estimate of drug-likeness (QED) is 0.313. The summed E-state index contributed by atoms with van der Waals surface area (Å²) in [5, 5.41) is 0.623. The van der Waals surface area contributed by atoms with E-state index < -0.39 is 0 Å². The first-order valence-electron chi connectivity index (χ1n) is 2.61. The number of nitrogens with zero attached hydrogens (tertiary/aromatic N) is 1. The Morgan fingerprint density at radius 3 is 2.75 bits per heavy atom. The lowest BCUT2D eigenvalue weighted by Gasteiger charge is -2.11. The third-order valence-electron chi connectivity index (χ3n) is 1.40. The summed E-state index contributed by atoms with van der Waals surface area (Å²) in [7, 11) is 4.03. The first-order chi connectivity index (χ1) is 3.72. The molecule has 0 aromatic carbocycles. The highest BCUT2D eigenvalue weighted by molar-refractivity contribution is 7.80. The Balaban J connectivity index is 2.56. The van der Waals surface area contributed by atoms with Gasteiger partial charge in [-0.15, -0.1) is 0 Å². The third-order valence-corrected chi connectivity index (χ3v) is 1.80. The molecule has 4 heteroatoms. The van der Waals surface area contributed by atoms with Crippen LogP contribution in [0.1, 0.15) is 0 Å². The van der Waals surface area contributed by atoms with Gasteiger partial charge in [0.15, 0.2) is 0 Å². The molecule has 1 fully saturated rings. The SMILES string of the molecule is B[C@H]1COC(=S)N1C. The Bertz CT molecular complexity index is 119. The maximum Gasteiger partial charge on any atom is 0.258 e. The zero-order chi connectivity index (χ0) is 6.15. The normalized spacial score (nSPS) is 28.4. The second-order valence-corrected chi connectivity index (χ2v) is 2.39. The topological polar surface area (TPSA) is 12.5 Å². The summed E-state index contributed by atoms with van der Waals surface area (Å²) in [4.78, 5) is 1.95. The molecule has 0 bridgehead atoms. The van der Waals surface area contributed by atoms with Crippen LogP contribution in [-0.2, 0) is 4.74 Å². The van der Waals surface area contributed by atoms with Gasteiger partial charge in [0.25, 0.3) is 5.17 Å². The molecule has 0 spiro atoms. The summed E-state index contributed by atoms with van der Waals surface area (Å²) >= 11 is 4.82. The Hall–Kier alpha value is -0.245. The molecular formula is C4H8BNOS. The molecule has 0 aliphatic carbocycles. The lowest BCUT2D eigenvalue weighted by atomic mass is 9.98. The molecule has 2 nitrogen and oxygen atoms in total. The van der Waals surface area contributed by atoms with Crippen molar-refractivity contribution in [2.24, 2.45) is 0 Å². The van der Waals surface area contributed by atoms with E-state index in [2.05, 4.69) is 7.85 Å². The van der Waals surface area contributed by atoms with Gasteiger partial charge in [0.05, 0.1) is 0 Å². The van der Waals surface area contributed by atoms with Crippen molar-refractivity contribution in [2.45, 2.75) is 5.94 Å². The molecule has 0 unspecified atom stereocenters. The third kappa shape index (κ3) is 0.800. The minimum Gasteiger partial charge on any atom is -0.470 e. The molecule has 0 radical (unpaired) electrons. The zero-order valence-corrected chi connectivity index (χ0v) is 5.86. The Morgan fingerprint density at radius 2 is 2.62 bits per heavy atom. The van der Waals surface area contributed by atoms with Gasteiger partial charge < -0.3 is 9.64 Å². The second-order valence-electron chi connectivity index (χ2n) is 2.04. The van der Waals surface area contributed by atoms with E-state index >= 15 is 0 Å².